The average Bonchev–Trinajstić information content (AvgIpc) is 2.97. The average molecular weight is 561 g/mol. The van der Waals surface area contributed by atoms with Gasteiger partial charge in [-0.2, -0.15) is 0 Å². The van der Waals surface area contributed by atoms with Gasteiger partial charge in [0.1, 0.15) is 11.9 Å². The Morgan fingerprint density at radius 2 is 1.76 bits per heavy atom. The minimum atomic E-state index is -3.77. The summed E-state index contributed by atoms with van der Waals surface area (Å²) in [4.78, 5) is 14.9. The molecule has 8 nitrogen and oxygen atoms in total. The van der Waals surface area contributed by atoms with Gasteiger partial charge in [0.25, 0.3) is 0 Å². The molecule has 0 radical (unpaired) electrons. The smallest absolute Gasteiger partial charge is 0.415 e. The Morgan fingerprint density at radius 1 is 1.08 bits per heavy atom. The van der Waals surface area contributed by atoms with Gasteiger partial charge in [0, 0.05) is 17.5 Å². The molecule has 38 heavy (non-hydrogen) atoms. The molecule has 0 aromatic heterocycles. The second kappa shape index (κ2) is 9.97. The van der Waals surface area contributed by atoms with Gasteiger partial charge in [0.05, 0.1) is 29.8 Å². The van der Waals surface area contributed by atoms with Gasteiger partial charge in [0.15, 0.2) is 8.32 Å². The van der Waals surface area contributed by atoms with Crippen LogP contribution in [0.2, 0.25) is 18.1 Å². The van der Waals surface area contributed by atoms with Crippen LogP contribution < -0.4 is 14.4 Å². The van der Waals surface area contributed by atoms with E-state index < -0.39 is 30.0 Å². The quantitative estimate of drug-likeness (QED) is 0.440. The Balaban J connectivity index is 1.64. The summed E-state index contributed by atoms with van der Waals surface area (Å²) in [5, 5.41) is 0.0526. The van der Waals surface area contributed by atoms with Gasteiger partial charge >= 0.3 is 6.09 Å². The summed E-state index contributed by atoms with van der Waals surface area (Å²) in [6.45, 7) is 17.1. The van der Waals surface area contributed by atoms with Crippen LogP contribution in [0.1, 0.15) is 48.0 Å². The summed E-state index contributed by atoms with van der Waals surface area (Å²) in [7, 11) is -5.78. The van der Waals surface area contributed by atoms with Crippen molar-refractivity contribution in [1.82, 2.24) is 4.72 Å². The van der Waals surface area contributed by atoms with Crippen molar-refractivity contribution in [3.8, 4) is 16.9 Å². The first-order valence-corrected chi connectivity index (χ1v) is 17.4. The van der Waals surface area contributed by atoms with Gasteiger partial charge in [0.2, 0.25) is 10.0 Å². The zero-order valence-corrected chi connectivity index (χ0v) is 25.4. The van der Waals surface area contributed by atoms with E-state index in [2.05, 4.69) is 38.6 Å². The Morgan fingerprint density at radius 3 is 2.42 bits per heavy atom. The maximum absolute atomic E-state index is 13.2. The molecule has 0 bridgehead atoms. The van der Waals surface area contributed by atoms with Crippen LogP contribution in [-0.4, -0.2) is 53.7 Å². The maximum atomic E-state index is 13.2. The van der Waals surface area contributed by atoms with Crippen LogP contribution in [0.4, 0.5) is 10.5 Å². The summed E-state index contributed by atoms with van der Waals surface area (Å²) >= 11 is 0. The molecular weight excluding hydrogens is 520 g/mol. The highest BCUT2D eigenvalue weighted by molar-refractivity contribution is 7.89. The van der Waals surface area contributed by atoms with Crippen molar-refractivity contribution >= 4 is 30.1 Å². The topological polar surface area (TPSA) is 94.2 Å². The lowest BCUT2D eigenvalue weighted by Crippen LogP contribution is -2.45. The zero-order valence-electron chi connectivity index (χ0n) is 23.6. The fourth-order valence-electron chi connectivity index (χ4n) is 4.49. The van der Waals surface area contributed by atoms with Gasteiger partial charge < -0.3 is 13.9 Å². The number of hydrogen-bond acceptors (Lipinski definition) is 6. The number of carbonyl (C=O) groups is 1. The minimum Gasteiger partial charge on any atom is -0.491 e. The summed E-state index contributed by atoms with van der Waals surface area (Å²) in [5.74, 6) is 0.517. The number of rotatable bonds is 6. The summed E-state index contributed by atoms with van der Waals surface area (Å²) in [5.41, 5.74) is 1.23. The molecule has 0 aliphatic carbocycles. The van der Waals surface area contributed by atoms with Crippen LogP contribution in [-0.2, 0) is 19.2 Å². The van der Waals surface area contributed by atoms with Gasteiger partial charge in [-0.05, 0) is 62.7 Å². The van der Waals surface area contributed by atoms with Crippen LogP contribution in [0.3, 0.4) is 0 Å². The maximum Gasteiger partial charge on any atom is 0.415 e. The molecular formula is C28H40N2O6SSi. The molecule has 1 N–H and O–H groups in total. The second-order valence-corrected chi connectivity index (χ2v) is 19.1. The van der Waals surface area contributed by atoms with E-state index in [9.17, 15) is 13.2 Å². The lowest BCUT2D eigenvalue weighted by atomic mass is 10.0. The third-order valence-electron chi connectivity index (χ3n) is 7.44. The molecule has 2 heterocycles. The number of nitrogens with one attached hydrogen (secondary N) is 1. The predicted molar refractivity (Wildman–Crippen MR) is 152 cm³/mol. The van der Waals surface area contributed by atoms with Crippen LogP contribution in [0, 0.1) is 0 Å². The Bertz CT molecular complexity index is 1310. The number of benzene rings is 2. The van der Waals surface area contributed by atoms with Crippen molar-refractivity contribution in [2.75, 3.05) is 18.1 Å². The highest BCUT2D eigenvalue weighted by atomic mass is 32.2. The Hall–Kier alpha value is -2.40. The first-order valence-electron chi connectivity index (χ1n) is 13.0. The molecule has 0 unspecified atom stereocenters. The number of cyclic esters (lactones) is 1. The van der Waals surface area contributed by atoms with Crippen molar-refractivity contribution < 1.29 is 27.1 Å². The molecule has 2 aliphatic rings. The van der Waals surface area contributed by atoms with Gasteiger partial charge in [-0.1, -0.05) is 45.0 Å². The standard InChI is InChI=1S/C28H40N2O6SSi/c1-27(2,3)29-37(32,33)25-12-10-9-11-20(25)19-13-14-21-23(17-19)34-16-15-22-24(36-26(31)30(21)22)18-35-38(7,8)28(4,5)6/h9-14,17,22,24,29H,15-16,18H2,1-8H3/t22-,24-/m0/s1. The number of sulfonamides is 1. The molecule has 2 atom stereocenters. The lowest BCUT2D eigenvalue weighted by molar-refractivity contribution is 0.0829. The second-order valence-electron chi connectivity index (χ2n) is 12.6. The number of anilines is 1. The number of ether oxygens (including phenoxy) is 2. The fraction of sp³-hybridized carbons (Fsp3) is 0.536. The van der Waals surface area contributed by atoms with E-state index in [4.69, 9.17) is 13.9 Å². The van der Waals surface area contributed by atoms with Gasteiger partial charge in [-0.3, -0.25) is 4.90 Å². The third-order valence-corrected chi connectivity index (χ3v) is 13.8. The number of fused-ring (bicyclic) bond motifs is 3. The number of nitrogens with zero attached hydrogens (tertiary/aromatic N) is 1. The van der Waals surface area contributed by atoms with E-state index in [0.29, 0.717) is 42.2 Å². The van der Waals surface area contributed by atoms with Crippen LogP contribution in [0.5, 0.6) is 5.75 Å². The highest BCUT2D eigenvalue weighted by Gasteiger charge is 2.47. The van der Waals surface area contributed by atoms with Crippen LogP contribution in [0.25, 0.3) is 11.1 Å². The molecule has 0 saturated carbocycles. The number of amides is 1. The molecule has 4 rings (SSSR count). The molecule has 1 saturated heterocycles. The monoisotopic (exact) mass is 560 g/mol. The molecule has 2 aromatic carbocycles. The van der Waals surface area contributed by atoms with Crippen molar-refractivity contribution in [3.63, 3.8) is 0 Å². The Kier molecular flexibility index (Phi) is 7.50. The van der Waals surface area contributed by atoms with E-state index in [1.807, 2.05) is 12.1 Å². The molecule has 2 aliphatic heterocycles. The first-order chi connectivity index (χ1) is 17.5. The van der Waals surface area contributed by atoms with Gasteiger partial charge in [-0.15, -0.1) is 0 Å². The normalized spacial score (nSPS) is 20.3. The molecule has 208 valence electrons. The largest absolute Gasteiger partial charge is 0.491 e. The SMILES string of the molecule is CC(C)(C)NS(=O)(=O)c1ccccc1-c1ccc2c(c1)OCC[C@H]1[C@H](CO[Si](C)(C)C(C)(C)C)OC(=O)N21. The number of carbonyl (C=O) groups excluding carboxylic acids is 1. The summed E-state index contributed by atoms with van der Waals surface area (Å²) in [6.07, 6.45) is -0.210. The van der Waals surface area contributed by atoms with Crippen molar-refractivity contribution in [1.29, 1.82) is 0 Å². The molecule has 10 heteroatoms. The van der Waals surface area contributed by atoms with Crippen molar-refractivity contribution in [3.05, 3.63) is 42.5 Å². The van der Waals surface area contributed by atoms with E-state index in [1.54, 1.807) is 56.0 Å². The van der Waals surface area contributed by atoms with E-state index >= 15 is 0 Å². The predicted octanol–water partition coefficient (Wildman–Crippen LogP) is 5.93. The van der Waals surface area contributed by atoms with Crippen LogP contribution in [0.15, 0.2) is 47.4 Å². The summed E-state index contributed by atoms with van der Waals surface area (Å²) < 4.78 is 47.4. The fourth-order valence-corrected chi connectivity index (χ4v) is 7.16. The number of hydrogen-bond donors (Lipinski definition) is 1. The molecule has 1 amide bonds. The lowest BCUT2D eigenvalue weighted by Gasteiger charge is -2.37. The Labute approximate surface area is 227 Å². The highest BCUT2D eigenvalue weighted by Crippen LogP contribution is 2.42. The van der Waals surface area contributed by atoms with Crippen molar-refractivity contribution in [2.45, 2.75) is 88.7 Å². The third kappa shape index (κ3) is 5.78. The van der Waals surface area contributed by atoms with E-state index in [0.717, 1.165) is 0 Å². The molecule has 1 fully saturated rings. The first kappa shape index (κ1) is 28.6. The molecule has 0 spiro atoms. The zero-order chi connectivity index (χ0) is 28.1. The minimum absolute atomic E-state index is 0.0526. The van der Waals surface area contributed by atoms with Crippen LogP contribution >= 0.6 is 0 Å². The van der Waals surface area contributed by atoms with Crippen molar-refractivity contribution in [2.24, 2.45) is 0 Å². The summed E-state index contributed by atoms with van der Waals surface area (Å²) in [6, 6.07) is 12.1. The van der Waals surface area contributed by atoms with E-state index in [1.165, 1.54) is 0 Å². The molecule has 2 aromatic rings. The van der Waals surface area contributed by atoms with Gasteiger partial charge in [-0.25, -0.2) is 17.9 Å². The van der Waals surface area contributed by atoms with E-state index in [-0.39, 0.29) is 22.1 Å².